The number of aromatic amines is 1. The van der Waals surface area contributed by atoms with Crippen LogP contribution in [0.3, 0.4) is 0 Å². The Hall–Kier alpha value is -5.05. The van der Waals surface area contributed by atoms with E-state index in [4.69, 9.17) is 22.1 Å². The van der Waals surface area contributed by atoms with Crippen molar-refractivity contribution in [3.63, 3.8) is 0 Å². The van der Waals surface area contributed by atoms with E-state index in [1.165, 1.54) is 15.6 Å². The topological polar surface area (TPSA) is 143 Å². The predicted octanol–water partition coefficient (Wildman–Crippen LogP) is 4.62. The highest BCUT2D eigenvalue weighted by Gasteiger charge is 2.37. The maximum atomic E-state index is 13.9. The summed E-state index contributed by atoms with van der Waals surface area (Å²) in [5.74, 6) is -0.0949. The number of aromatic nitrogens is 4. The van der Waals surface area contributed by atoms with Crippen molar-refractivity contribution < 1.29 is 27.5 Å². The van der Waals surface area contributed by atoms with Crippen molar-refractivity contribution in [1.29, 1.82) is 0 Å². The Balaban J connectivity index is 1.16. The van der Waals surface area contributed by atoms with E-state index in [-0.39, 0.29) is 41.8 Å². The van der Waals surface area contributed by atoms with Crippen LogP contribution < -0.4 is 16.3 Å². The molecule has 2 aliphatic heterocycles. The van der Waals surface area contributed by atoms with Crippen LogP contribution in [-0.2, 0) is 22.1 Å². The van der Waals surface area contributed by atoms with Gasteiger partial charge < -0.3 is 25.2 Å². The molecule has 12 nitrogen and oxygen atoms in total. The molecule has 16 heteroatoms. The first-order chi connectivity index (χ1) is 23.5. The number of likely N-dealkylation sites (tertiary alicyclic amines) is 1. The van der Waals surface area contributed by atoms with Gasteiger partial charge in [0.1, 0.15) is 0 Å². The van der Waals surface area contributed by atoms with Crippen molar-refractivity contribution in [1.82, 2.24) is 29.5 Å². The maximum Gasteiger partial charge on any atom is 0.418 e. The van der Waals surface area contributed by atoms with Gasteiger partial charge in [-0.3, -0.25) is 14.8 Å². The number of benzene rings is 2. The normalized spacial score (nSPS) is 16.4. The highest BCUT2D eigenvalue weighted by atomic mass is 35.5. The molecular weight excluding hydrogens is 665 g/mol. The van der Waals surface area contributed by atoms with E-state index in [2.05, 4.69) is 20.0 Å². The van der Waals surface area contributed by atoms with Gasteiger partial charge in [0.05, 0.1) is 22.3 Å². The van der Waals surface area contributed by atoms with E-state index in [1.54, 1.807) is 17.3 Å². The summed E-state index contributed by atoms with van der Waals surface area (Å²) < 4.78 is 48.4. The van der Waals surface area contributed by atoms with E-state index < -0.39 is 35.5 Å². The van der Waals surface area contributed by atoms with Crippen LogP contribution in [0.15, 0.2) is 71.8 Å². The summed E-state index contributed by atoms with van der Waals surface area (Å²) >= 11 is 6.07. The summed E-state index contributed by atoms with van der Waals surface area (Å²) in [6.45, 7) is 2.02. The second-order valence-electron chi connectivity index (χ2n) is 11.9. The van der Waals surface area contributed by atoms with E-state index in [0.717, 1.165) is 17.3 Å². The Bertz CT molecular complexity index is 1840. The Labute approximate surface area is 284 Å². The molecule has 2 aromatic carbocycles. The molecule has 258 valence electrons. The molecule has 6 rings (SSSR count). The molecule has 3 N–H and O–H groups in total. The number of alkyl halides is 3. The first-order valence-corrected chi connectivity index (χ1v) is 16.1. The lowest BCUT2D eigenvalue weighted by Crippen LogP contribution is -2.53. The van der Waals surface area contributed by atoms with Crippen LogP contribution in [0.1, 0.15) is 30.0 Å². The van der Waals surface area contributed by atoms with Gasteiger partial charge in [0.15, 0.2) is 11.9 Å². The fourth-order valence-electron chi connectivity index (χ4n) is 6.16. The number of nitrogens with zero attached hydrogens (tertiary/aromatic N) is 6. The summed E-state index contributed by atoms with van der Waals surface area (Å²) in [7, 11) is 0. The average Bonchev–Trinajstić information content (AvgIpc) is 3.51. The minimum absolute atomic E-state index is 0.0407. The zero-order chi connectivity index (χ0) is 34.7. The van der Waals surface area contributed by atoms with Crippen LogP contribution in [0.5, 0.6) is 0 Å². The minimum atomic E-state index is -4.79. The number of ether oxygens (including phenoxy) is 1. The number of pyridine rings is 1. The number of H-pyrrole nitrogens is 1. The second-order valence-corrected chi connectivity index (χ2v) is 12.3. The molecule has 0 bridgehead atoms. The molecule has 2 aliphatic rings. The number of hydrogen-bond acceptors (Lipinski definition) is 8. The van der Waals surface area contributed by atoms with Crippen LogP contribution in [0.2, 0.25) is 5.02 Å². The molecule has 4 aromatic rings. The van der Waals surface area contributed by atoms with Crippen molar-refractivity contribution in [2.75, 3.05) is 49.9 Å². The Morgan fingerprint density at radius 1 is 0.980 bits per heavy atom. The summed E-state index contributed by atoms with van der Waals surface area (Å²) in [6, 6.07) is 14.7. The second kappa shape index (κ2) is 14.2. The number of nitrogen functional groups attached to an aromatic ring is 1. The molecule has 2 saturated heterocycles. The van der Waals surface area contributed by atoms with Gasteiger partial charge in [-0.05, 0) is 42.7 Å². The van der Waals surface area contributed by atoms with Crippen LogP contribution in [0.25, 0.3) is 11.4 Å². The summed E-state index contributed by atoms with van der Waals surface area (Å²) in [5, 5.41) is 4.14. The van der Waals surface area contributed by atoms with Gasteiger partial charge in [-0.25, -0.2) is 14.3 Å². The van der Waals surface area contributed by atoms with Crippen molar-refractivity contribution in [2.45, 2.75) is 37.6 Å². The zero-order valence-corrected chi connectivity index (χ0v) is 27.0. The molecule has 2 amide bonds. The number of piperidine rings is 1. The molecular formula is C33H34ClF3N8O4. The van der Waals surface area contributed by atoms with Crippen molar-refractivity contribution in [2.24, 2.45) is 0 Å². The molecule has 0 radical (unpaired) electrons. The van der Waals surface area contributed by atoms with Gasteiger partial charge >= 0.3 is 18.0 Å². The molecule has 0 spiro atoms. The lowest BCUT2D eigenvalue weighted by atomic mass is 10.0. The van der Waals surface area contributed by atoms with Gasteiger partial charge in [0.2, 0.25) is 0 Å². The summed E-state index contributed by atoms with van der Waals surface area (Å²) in [4.78, 5) is 51.9. The van der Waals surface area contributed by atoms with Crippen LogP contribution in [-0.4, -0.2) is 86.9 Å². The van der Waals surface area contributed by atoms with Gasteiger partial charge in [0.25, 0.3) is 5.91 Å². The lowest BCUT2D eigenvalue weighted by molar-refractivity contribution is -0.141. The largest absolute Gasteiger partial charge is 0.436 e. The molecule has 2 aromatic heterocycles. The van der Waals surface area contributed by atoms with Crippen LogP contribution in [0.4, 0.5) is 29.3 Å². The number of nitrogens with one attached hydrogen (secondary N) is 1. The first-order valence-electron chi connectivity index (χ1n) is 15.8. The van der Waals surface area contributed by atoms with E-state index in [9.17, 15) is 27.6 Å². The van der Waals surface area contributed by atoms with Gasteiger partial charge in [-0.2, -0.15) is 13.2 Å². The third-order valence-electron chi connectivity index (χ3n) is 8.81. The zero-order valence-electron chi connectivity index (χ0n) is 26.3. The number of rotatable bonds is 7. The fraction of sp³-hybridized carbons (Fsp3) is 0.364. The fourth-order valence-corrected chi connectivity index (χ4v) is 6.40. The van der Waals surface area contributed by atoms with Crippen LogP contribution in [0, 0.1) is 0 Å². The molecule has 49 heavy (non-hydrogen) atoms. The molecule has 0 saturated carbocycles. The first kappa shape index (κ1) is 33.8. The van der Waals surface area contributed by atoms with E-state index in [0.29, 0.717) is 44.8 Å². The minimum Gasteiger partial charge on any atom is -0.436 e. The quantitative estimate of drug-likeness (QED) is 0.266. The van der Waals surface area contributed by atoms with Crippen LogP contribution >= 0.6 is 11.6 Å². The lowest BCUT2D eigenvalue weighted by Gasteiger charge is -2.38. The molecule has 1 atom stereocenters. The number of anilines is 2. The van der Waals surface area contributed by atoms with Gasteiger partial charge in [0, 0.05) is 69.3 Å². The van der Waals surface area contributed by atoms with Crippen molar-refractivity contribution >= 4 is 35.0 Å². The molecule has 0 unspecified atom stereocenters. The highest BCUT2D eigenvalue weighted by molar-refractivity contribution is 6.33. The molecule has 2 fully saturated rings. The number of halogens is 4. The number of carbonyl (C=O) groups excluding carboxylic acids is 2. The van der Waals surface area contributed by atoms with E-state index in [1.807, 2.05) is 42.5 Å². The number of piperazine rings is 1. The van der Waals surface area contributed by atoms with Crippen molar-refractivity contribution in [3.05, 3.63) is 93.6 Å². The number of carbonyl (C=O) groups is 2. The third-order valence-corrected chi connectivity index (χ3v) is 9.12. The Morgan fingerprint density at radius 3 is 2.31 bits per heavy atom. The predicted molar refractivity (Wildman–Crippen MR) is 176 cm³/mol. The highest BCUT2D eigenvalue weighted by Crippen LogP contribution is 2.38. The standard InChI is InChI=1S/C33H34ClF3N8O4/c34-26-19-21(18-25(28(26)38)33(35,36)37)20-27(30(46)43-16-14-42(15-17-43)23-6-10-39-11-7-23)49-32(48)44-12-8-24(9-13-44)45-31(47)40-29(41-45)22-4-2-1-3-5-22/h1-7,10-11,18-19,24,27H,8-9,12-17,20,38H2,(H,40,41,47)/t27-/m1/s1. The molecule has 0 aliphatic carbocycles. The number of hydrogen-bond donors (Lipinski definition) is 2. The van der Waals surface area contributed by atoms with Gasteiger partial charge in [-0.15, -0.1) is 5.10 Å². The molecule has 4 heterocycles. The number of nitrogens with two attached hydrogens (primary N) is 1. The Morgan fingerprint density at radius 2 is 1.65 bits per heavy atom. The smallest absolute Gasteiger partial charge is 0.418 e. The Kier molecular flexibility index (Phi) is 9.81. The van der Waals surface area contributed by atoms with Gasteiger partial charge in [-0.1, -0.05) is 41.9 Å². The van der Waals surface area contributed by atoms with E-state index >= 15 is 0 Å². The van der Waals surface area contributed by atoms with Crippen molar-refractivity contribution in [3.8, 4) is 11.4 Å². The maximum absolute atomic E-state index is 13.9. The SMILES string of the molecule is Nc1c(Cl)cc(C[C@@H](OC(=O)N2CCC(n3nc(-c4ccccc4)[nH]c3=O)CC2)C(=O)N2CCN(c3ccncc3)CC2)cc1C(F)(F)F. The third kappa shape index (κ3) is 7.66. The summed E-state index contributed by atoms with van der Waals surface area (Å²) in [6.07, 6.45) is -3.21. The average molecular weight is 699 g/mol. The monoisotopic (exact) mass is 698 g/mol. The number of amides is 2. The summed E-state index contributed by atoms with van der Waals surface area (Å²) in [5.41, 5.74) is 5.24.